The van der Waals surface area contributed by atoms with Gasteiger partial charge in [-0.05, 0) is 23.8 Å². The first-order valence-electron chi connectivity index (χ1n) is 10.3. The summed E-state index contributed by atoms with van der Waals surface area (Å²) in [5.41, 5.74) is 1.25. The average Bonchev–Trinajstić information content (AvgIpc) is 2.81. The molecule has 2 aromatic rings. The minimum absolute atomic E-state index is 0.122. The molecular weight excluding hydrogens is 452 g/mol. The first-order chi connectivity index (χ1) is 15.3. The van der Waals surface area contributed by atoms with Gasteiger partial charge in [-0.25, -0.2) is 13.4 Å². The topological polar surface area (TPSA) is 90.4 Å². The summed E-state index contributed by atoms with van der Waals surface area (Å²) in [6.07, 6.45) is 0.504. The van der Waals surface area contributed by atoms with Crippen LogP contribution in [0.4, 0.5) is 0 Å². The molecule has 0 radical (unpaired) electrons. The molecule has 0 N–H and O–H groups in total. The van der Waals surface area contributed by atoms with Gasteiger partial charge < -0.3 is 4.90 Å². The monoisotopic (exact) mass is 474 g/mol. The Morgan fingerprint density at radius 1 is 0.969 bits per heavy atom. The van der Waals surface area contributed by atoms with E-state index in [4.69, 9.17) is 11.6 Å². The molecule has 4 rings (SSSR count). The van der Waals surface area contributed by atoms with Gasteiger partial charge in [-0.3, -0.25) is 9.59 Å². The standard InChI is InChI=1S/C22H23ClN4O4S/c23-18-7-4-8-19(15-18)32(30,31)26-13-11-25(12-14-26)22(29)20-9-10-21(28)27(24-20)16-17-5-2-1-3-6-17/h1-8,15H,9-14,16H2. The van der Waals surface area contributed by atoms with E-state index in [1.807, 2.05) is 30.3 Å². The highest BCUT2D eigenvalue weighted by atomic mass is 35.5. The summed E-state index contributed by atoms with van der Waals surface area (Å²) in [4.78, 5) is 27.0. The molecule has 0 aliphatic carbocycles. The summed E-state index contributed by atoms with van der Waals surface area (Å²) in [7, 11) is -3.68. The molecule has 0 unspecified atom stereocenters. The zero-order valence-electron chi connectivity index (χ0n) is 17.4. The molecule has 2 heterocycles. The Hall–Kier alpha value is -2.75. The zero-order chi connectivity index (χ0) is 22.7. The average molecular weight is 475 g/mol. The van der Waals surface area contributed by atoms with Crippen LogP contribution in [-0.4, -0.2) is 66.3 Å². The van der Waals surface area contributed by atoms with Crippen LogP contribution in [0.2, 0.25) is 5.02 Å². The van der Waals surface area contributed by atoms with Crippen LogP contribution in [0.1, 0.15) is 18.4 Å². The maximum absolute atomic E-state index is 13.0. The highest BCUT2D eigenvalue weighted by Gasteiger charge is 2.33. The van der Waals surface area contributed by atoms with Gasteiger partial charge in [-0.15, -0.1) is 0 Å². The lowest BCUT2D eigenvalue weighted by molar-refractivity contribution is -0.132. The number of carbonyl (C=O) groups excluding carboxylic acids is 2. The molecule has 32 heavy (non-hydrogen) atoms. The molecule has 0 bridgehead atoms. The van der Waals surface area contributed by atoms with Gasteiger partial charge in [-0.2, -0.15) is 9.41 Å². The second kappa shape index (κ2) is 9.40. The van der Waals surface area contributed by atoms with Crippen molar-refractivity contribution in [2.24, 2.45) is 5.10 Å². The Kier molecular flexibility index (Phi) is 6.59. The van der Waals surface area contributed by atoms with Crippen molar-refractivity contribution in [3.05, 3.63) is 65.2 Å². The number of carbonyl (C=O) groups is 2. The number of rotatable bonds is 5. The van der Waals surface area contributed by atoms with Crippen molar-refractivity contribution in [2.45, 2.75) is 24.3 Å². The fraction of sp³-hybridized carbons (Fsp3) is 0.318. The first kappa shape index (κ1) is 22.4. The Balaban J connectivity index is 1.41. The number of benzene rings is 2. The molecule has 168 valence electrons. The molecule has 1 fully saturated rings. The van der Waals surface area contributed by atoms with Crippen LogP contribution in [-0.2, 0) is 26.2 Å². The number of amides is 2. The second-order valence-corrected chi connectivity index (χ2v) is 10.0. The molecule has 0 saturated carbocycles. The van der Waals surface area contributed by atoms with Crippen molar-refractivity contribution >= 4 is 39.2 Å². The number of hydrazone groups is 1. The number of hydrogen-bond acceptors (Lipinski definition) is 5. The maximum Gasteiger partial charge on any atom is 0.270 e. The van der Waals surface area contributed by atoms with Crippen LogP contribution in [0.5, 0.6) is 0 Å². The van der Waals surface area contributed by atoms with Crippen molar-refractivity contribution in [2.75, 3.05) is 26.2 Å². The second-order valence-electron chi connectivity index (χ2n) is 7.64. The molecule has 2 aliphatic heterocycles. The molecule has 0 atom stereocenters. The SMILES string of the molecule is O=C(C1=NN(Cc2ccccc2)C(=O)CC1)N1CCN(S(=O)(=O)c2cccc(Cl)c2)CC1. The van der Waals surface area contributed by atoms with Crippen LogP contribution in [0.15, 0.2) is 64.6 Å². The highest BCUT2D eigenvalue weighted by Crippen LogP contribution is 2.21. The lowest BCUT2D eigenvalue weighted by atomic mass is 10.1. The molecule has 0 aromatic heterocycles. The summed E-state index contributed by atoms with van der Waals surface area (Å²) in [6, 6.07) is 15.6. The molecule has 10 heteroatoms. The number of hydrogen-bond donors (Lipinski definition) is 0. The third-order valence-corrected chi connectivity index (χ3v) is 7.62. The van der Waals surface area contributed by atoms with E-state index in [9.17, 15) is 18.0 Å². The van der Waals surface area contributed by atoms with Gasteiger partial charge in [0.2, 0.25) is 15.9 Å². The lowest BCUT2D eigenvalue weighted by Crippen LogP contribution is -2.52. The number of nitrogens with zero attached hydrogens (tertiary/aromatic N) is 4. The van der Waals surface area contributed by atoms with E-state index in [-0.39, 0.29) is 55.7 Å². The Bertz CT molecular complexity index is 1150. The van der Waals surface area contributed by atoms with E-state index in [0.29, 0.717) is 17.3 Å². The molecule has 1 saturated heterocycles. The Labute approximate surface area is 192 Å². The van der Waals surface area contributed by atoms with Gasteiger partial charge in [-0.1, -0.05) is 48.0 Å². The first-order valence-corrected chi connectivity index (χ1v) is 12.1. The molecule has 2 aliphatic rings. The molecular formula is C22H23ClN4O4S. The summed E-state index contributed by atoms with van der Waals surface area (Å²) in [5.74, 6) is -0.377. The fourth-order valence-electron chi connectivity index (χ4n) is 3.73. The van der Waals surface area contributed by atoms with Crippen LogP contribution in [0.3, 0.4) is 0 Å². The highest BCUT2D eigenvalue weighted by molar-refractivity contribution is 7.89. The number of sulfonamides is 1. The van der Waals surface area contributed by atoms with Crippen molar-refractivity contribution < 1.29 is 18.0 Å². The molecule has 0 spiro atoms. The van der Waals surface area contributed by atoms with Crippen molar-refractivity contribution in [1.29, 1.82) is 0 Å². The van der Waals surface area contributed by atoms with Crippen molar-refractivity contribution in [1.82, 2.24) is 14.2 Å². The van der Waals surface area contributed by atoms with Gasteiger partial charge in [0.05, 0.1) is 11.4 Å². The lowest BCUT2D eigenvalue weighted by Gasteiger charge is -2.35. The van der Waals surface area contributed by atoms with Crippen molar-refractivity contribution in [3.8, 4) is 0 Å². The zero-order valence-corrected chi connectivity index (χ0v) is 18.9. The van der Waals surface area contributed by atoms with Gasteiger partial charge in [0.25, 0.3) is 5.91 Å². The summed E-state index contributed by atoms with van der Waals surface area (Å²) >= 11 is 5.94. The van der Waals surface area contributed by atoms with E-state index in [1.165, 1.54) is 21.4 Å². The van der Waals surface area contributed by atoms with Gasteiger partial charge in [0.1, 0.15) is 5.71 Å². The van der Waals surface area contributed by atoms with E-state index in [0.717, 1.165) is 5.56 Å². The van der Waals surface area contributed by atoms with Gasteiger partial charge >= 0.3 is 0 Å². The van der Waals surface area contributed by atoms with Crippen LogP contribution in [0, 0.1) is 0 Å². The van der Waals surface area contributed by atoms with Gasteiger partial charge in [0.15, 0.2) is 0 Å². The van der Waals surface area contributed by atoms with Crippen molar-refractivity contribution in [3.63, 3.8) is 0 Å². The fourth-order valence-corrected chi connectivity index (χ4v) is 5.45. The predicted molar refractivity (Wildman–Crippen MR) is 120 cm³/mol. The van der Waals surface area contributed by atoms with Crippen LogP contribution < -0.4 is 0 Å². The summed E-state index contributed by atoms with van der Waals surface area (Å²) in [6.45, 7) is 1.18. The Morgan fingerprint density at radius 2 is 1.69 bits per heavy atom. The van der Waals surface area contributed by atoms with Gasteiger partial charge in [0, 0.05) is 44.0 Å². The smallest absolute Gasteiger partial charge is 0.270 e. The number of halogens is 1. The largest absolute Gasteiger partial charge is 0.335 e. The van der Waals surface area contributed by atoms with E-state index in [2.05, 4.69) is 5.10 Å². The quantitative estimate of drug-likeness (QED) is 0.665. The summed E-state index contributed by atoms with van der Waals surface area (Å²) in [5, 5.41) is 6.01. The maximum atomic E-state index is 13.0. The number of piperazine rings is 1. The molecule has 2 aromatic carbocycles. The van der Waals surface area contributed by atoms with Crippen LogP contribution in [0.25, 0.3) is 0 Å². The minimum atomic E-state index is -3.68. The molecule has 8 nitrogen and oxygen atoms in total. The van der Waals surface area contributed by atoms with E-state index in [1.54, 1.807) is 17.0 Å². The van der Waals surface area contributed by atoms with E-state index >= 15 is 0 Å². The van der Waals surface area contributed by atoms with E-state index < -0.39 is 10.0 Å². The third-order valence-electron chi connectivity index (χ3n) is 5.49. The normalized spacial score (nSPS) is 17.9. The third kappa shape index (κ3) is 4.85. The summed E-state index contributed by atoms with van der Waals surface area (Å²) < 4.78 is 27.1. The van der Waals surface area contributed by atoms with Crippen LogP contribution >= 0.6 is 11.6 Å². The molecule has 2 amide bonds. The Morgan fingerprint density at radius 3 is 2.38 bits per heavy atom. The minimum Gasteiger partial charge on any atom is -0.335 e. The predicted octanol–water partition coefficient (Wildman–Crippen LogP) is 2.35.